The Hall–Kier alpha value is -2.97. The Labute approximate surface area is 209 Å². The molecule has 9 heteroatoms. The average Bonchev–Trinajstić information content (AvgIpc) is 3.36. The minimum absolute atomic E-state index is 0.112. The van der Waals surface area contributed by atoms with E-state index in [1.807, 2.05) is 30.0 Å². The third-order valence-electron chi connectivity index (χ3n) is 7.17. The Kier molecular flexibility index (Phi) is 6.51. The van der Waals surface area contributed by atoms with Gasteiger partial charge in [-0.05, 0) is 63.4 Å². The van der Waals surface area contributed by atoms with Crippen LogP contribution in [0.1, 0.15) is 51.1 Å². The lowest BCUT2D eigenvalue weighted by molar-refractivity contribution is -0.121. The van der Waals surface area contributed by atoms with Crippen molar-refractivity contribution in [2.75, 3.05) is 29.9 Å². The first-order chi connectivity index (χ1) is 16.8. The first kappa shape index (κ1) is 23.8. The van der Waals surface area contributed by atoms with E-state index in [1.165, 1.54) is 0 Å². The summed E-state index contributed by atoms with van der Waals surface area (Å²) in [7, 11) is 0. The predicted molar refractivity (Wildman–Crippen MR) is 140 cm³/mol. The fourth-order valence-electron chi connectivity index (χ4n) is 5.13. The van der Waals surface area contributed by atoms with Crippen LogP contribution >= 0.6 is 11.6 Å². The second kappa shape index (κ2) is 9.59. The molecule has 5 rings (SSSR count). The van der Waals surface area contributed by atoms with Crippen molar-refractivity contribution in [3.8, 4) is 0 Å². The number of aromatic nitrogens is 3. The molecule has 0 unspecified atom stereocenters. The van der Waals surface area contributed by atoms with E-state index in [-0.39, 0.29) is 22.5 Å². The maximum Gasteiger partial charge on any atom is 0.271 e. The Balaban J connectivity index is 1.41. The Morgan fingerprint density at radius 3 is 2.57 bits per heavy atom. The number of halogens is 1. The molecule has 1 aliphatic heterocycles. The normalized spacial score (nSPS) is 17.6. The molecule has 184 valence electrons. The van der Waals surface area contributed by atoms with Crippen LogP contribution in [-0.4, -0.2) is 51.0 Å². The highest BCUT2D eigenvalue weighted by Gasteiger charge is 2.27. The van der Waals surface area contributed by atoms with Crippen molar-refractivity contribution in [3.05, 3.63) is 51.4 Å². The summed E-state index contributed by atoms with van der Waals surface area (Å²) >= 11 is 6.24. The lowest BCUT2D eigenvalue weighted by Gasteiger charge is -2.36. The smallest absolute Gasteiger partial charge is 0.271 e. The molecular formula is C26H31ClN6O2. The van der Waals surface area contributed by atoms with Gasteiger partial charge >= 0.3 is 0 Å². The van der Waals surface area contributed by atoms with Gasteiger partial charge in [-0.3, -0.25) is 19.1 Å². The molecule has 0 spiro atoms. The standard InChI is InChI=1S/C26H31ClN6O2/c1-16(2)31-10-11-32(23(34)15-31)20-8-9-22(17(3)12-20)29-26-28-14-18-13-21(27)25(35)33(24(18)30-26)19-6-4-5-7-19/h8-9,12-14,16,19H,4-7,10-11,15H2,1-3H3,(H,28,29,30). The van der Waals surface area contributed by atoms with Gasteiger partial charge in [-0.1, -0.05) is 24.4 Å². The van der Waals surface area contributed by atoms with Gasteiger partial charge in [0.25, 0.3) is 5.56 Å². The molecule has 0 atom stereocenters. The number of amides is 1. The maximum atomic E-state index is 12.9. The number of piperazine rings is 1. The van der Waals surface area contributed by atoms with Crippen LogP contribution in [0.2, 0.25) is 5.02 Å². The fraction of sp³-hybridized carbons (Fsp3) is 0.462. The predicted octanol–water partition coefficient (Wildman–Crippen LogP) is 4.67. The number of rotatable bonds is 5. The van der Waals surface area contributed by atoms with Gasteiger partial charge in [0.15, 0.2) is 0 Å². The largest absolute Gasteiger partial charge is 0.324 e. The molecule has 0 bridgehead atoms. The number of aryl methyl sites for hydroxylation is 1. The van der Waals surface area contributed by atoms with E-state index in [1.54, 1.807) is 16.8 Å². The number of benzene rings is 1. The van der Waals surface area contributed by atoms with Crippen LogP contribution in [0, 0.1) is 6.92 Å². The second-order valence-corrected chi connectivity index (χ2v) is 10.2. The van der Waals surface area contributed by atoms with Gasteiger partial charge in [0, 0.05) is 48.1 Å². The number of pyridine rings is 1. The fourth-order valence-corrected chi connectivity index (χ4v) is 5.34. The average molecular weight is 495 g/mol. The molecule has 1 N–H and O–H groups in total. The quantitative estimate of drug-likeness (QED) is 0.555. The first-order valence-corrected chi connectivity index (χ1v) is 12.7. The summed E-state index contributed by atoms with van der Waals surface area (Å²) in [4.78, 5) is 38.8. The summed E-state index contributed by atoms with van der Waals surface area (Å²) in [5.41, 5.74) is 3.13. The SMILES string of the molecule is Cc1cc(N2CCN(C(C)C)CC2=O)ccc1Nc1ncc2cc(Cl)c(=O)n(C3CCCC3)c2n1. The molecule has 2 aliphatic rings. The van der Waals surface area contributed by atoms with Crippen LogP contribution in [0.25, 0.3) is 11.0 Å². The van der Waals surface area contributed by atoms with Crippen molar-refractivity contribution in [2.45, 2.75) is 58.5 Å². The minimum atomic E-state index is -0.196. The summed E-state index contributed by atoms with van der Waals surface area (Å²) in [5.74, 6) is 0.537. The van der Waals surface area contributed by atoms with E-state index < -0.39 is 0 Å². The van der Waals surface area contributed by atoms with Crippen LogP contribution in [-0.2, 0) is 4.79 Å². The molecule has 2 aromatic heterocycles. The van der Waals surface area contributed by atoms with Crippen molar-refractivity contribution >= 4 is 45.9 Å². The number of nitrogens with one attached hydrogen (secondary N) is 1. The molecule has 1 aliphatic carbocycles. The monoisotopic (exact) mass is 494 g/mol. The number of anilines is 3. The number of nitrogens with zero attached hydrogens (tertiary/aromatic N) is 5. The van der Waals surface area contributed by atoms with Gasteiger partial charge in [-0.25, -0.2) is 4.98 Å². The van der Waals surface area contributed by atoms with Crippen molar-refractivity contribution in [1.29, 1.82) is 0 Å². The summed E-state index contributed by atoms with van der Waals surface area (Å²) < 4.78 is 1.75. The molecule has 3 heterocycles. The summed E-state index contributed by atoms with van der Waals surface area (Å²) in [6.07, 6.45) is 5.81. The van der Waals surface area contributed by atoms with E-state index in [0.29, 0.717) is 30.7 Å². The zero-order valence-corrected chi connectivity index (χ0v) is 21.2. The second-order valence-electron chi connectivity index (χ2n) is 9.81. The minimum Gasteiger partial charge on any atom is -0.324 e. The molecule has 2 fully saturated rings. The third kappa shape index (κ3) is 4.65. The van der Waals surface area contributed by atoms with Crippen LogP contribution < -0.4 is 15.8 Å². The Morgan fingerprint density at radius 1 is 1.11 bits per heavy atom. The highest BCUT2D eigenvalue weighted by molar-refractivity contribution is 6.31. The van der Waals surface area contributed by atoms with Crippen LogP contribution in [0.4, 0.5) is 17.3 Å². The van der Waals surface area contributed by atoms with Gasteiger partial charge < -0.3 is 10.2 Å². The Morgan fingerprint density at radius 2 is 1.89 bits per heavy atom. The highest BCUT2D eigenvalue weighted by atomic mass is 35.5. The number of hydrogen-bond donors (Lipinski definition) is 1. The van der Waals surface area contributed by atoms with Gasteiger partial charge in [0.2, 0.25) is 11.9 Å². The van der Waals surface area contributed by atoms with E-state index in [9.17, 15) is 9.59 Å². The highest BCUT2D eigenvalue weighted by Crippen LogP contribution is 2.32. The zero-order chi connectivity index (χ0) is 24.7. The summed E-state index contributed by atoms with van der Waals surface area (Å²) in [6, 6.07) is 8.03. The molecule has 1 saturated heterocycles. The first-order valence-electron chi connectivity index (χ1n) is 12.3. The van der Waals surface area contributed by atoms with E-state index in [2.05, 4.69) is 29.0 Å². The Bertz CT molecular complexity index is 1330. The molecule has 3 aromatic rings. The lowest BCUT2D eigenvalue weighted by Crippen LogP contribution is -2.52. The van der Waals surface area contributed by atoms with Crippen molar-refractivity contribution in [3.63, 3.8) is 0 Å². The molecular weight excluding hydrogens is 464 g/mol. The molecule has 1 amide bonds. The van der Waals surface area contributed by atoms with Crippen molar-refractivity contribution in [1.82, 2.24) is 19.4 Å². The summed E-state index contributed by atoms with van der Waals surface area (Å²) in [6.45, 7) is 8.21. The van der Waals surface area contributed by atoms with Crippen LogP contribution in [0.15, 0.2) is 35.3 Å². The third-order valence-corrected chi connectivity index (χ3v) is 7.44. The van der Waals surface area contributed by atoms with Gasteiger partial charge in [-0.2, -0.15) is 4.98 Å². The molecule has 1 aromatic carbocycles. The molecule has 0 radical (unpaired) electrons. The number of carbonyl (C=O) groups is 1. The van der Waals surface area contributed by atoms with E-state index >= 15 is 0 Å². The summed E-state index contributed by atoms with van der Waals surface area (Å²) in [5, 5.41) is 4.24. The zero-order valence-electron chi connectivity index (χ0n) is 20.4. The van der Waals surface area contributed by atoms with E-state index in [0.717, 1.165) is 54.6 Å². The van der Waals surface area contributed by atoms with E-state index in [4.69, 9.17) is 16.6 Å². The number of hydrogen-bond acceptors (Lipinski definition) is 6. The lowest BCUT2D eigenvalue weighted by atomic mass is 10.1. The number of fused-ring (bicyclic) bond motifs is 1. The van der Waals surface area contributed by atoms with Crippen molar-refractivity contribution < 1.29 is 4.79 Å². The molecule has 1 saturated carbocycles. The van der Waals surface area contributed by atoms with Crippen LogP contribution in [0.5, 0.6) is 0 Å². The molecule has 35 heavy (non-hydrogen) atoms. The van der Waals surface area contributed by atoms with Gasteiger partial charge in [0.1, 0.15) is 10.7 Å². The number of carbonyl (C=O) groups excluding carboxylic acids is 1. The molecule has 8 nitrogen and oxygen atoms in total. The maximum absolute atomic E-state index is 12.9. The van der Waals surface area contributed by atoms with Crippen LogP contribution in [0.3, 0.4) is 0 Å². The van der Waals surface area contributed by atoms with Crippen molar-refractivity contribution in [2.24, 2.45) is 0 Å². The van der Waals surface area contributed by atoms with Gasteiger partial charge in [0.05, 0.1) is 6.54 Å². The van der Waals surface area contributed by atoms with Gasteiger partial charge in [-0.15, -0.1) is 0 Å². The topological polar surface area (TPSA) is 83.4 Å².